The topological polar surface area (TPSA) is 101 Å². The molecule has 8 heavy (non-hydrogen) atoms. The van der Waals surface area contributed by atoms with E-state index in [0.29, 0.717) is 0 Å². The Hall–Kier alpha value is 1.28. The van der Waals surface area contributed by atoms with Crippen LogP contribution in [0.3, 0.4) is 0 Å². The summed E-state index contributed by atoms with van der Waals surface area (Å²) >= 11 is 0. The van der Waals surface area contributed by atoms with Crippen molar-refractivity contribution in [1.29, 1.82) is 0 Å². The van der Waals surface area contributed by atoms with Gasteiger partial charge in [-0.05, 0) is 0 Å². The molecule has 49 valence electrons. The molecule has 0 atom stereocenters. The van der Waals surface area contributed by atoms with Gasteiger partial charge in [0.25, 0.3) is 0 Å². The van der Waals surface area contributed by atoms with Gasteiger partial charge in [0, 0.05) is 0 Å². The summed E-state index contributed by atoms with van der Waals surface area (Å²) in [4.78, 5) is 37.0. The Labute approximate surface area is 61.1 Å². The summed E-state index contributed by atoms with van der Waals surface area (Å²) in [7, 11) is -6.47. The second kappa shape index (κ2) is 6.40. The van der Waals surface area contributed by atoms with E-state index in [0.717, 1.165) is 0 Å². The minimum atomic E-state index is -3.24. The molecule has 0 aliphatic carbocycles. The fourth-order valence-electron chi connectivity index (χ4n) is 0.0544. The maximum absolute atomic E-state index is 9.24. The molecule has 0 unspecified atom stereocenters. The standard InChI is InChI=1S/O5P2.Rh/c1-6(2)5-7(3)4;/q-4;+4. The summed E-state index contributed by atoms with van der Waals surface area (Å²) < 4.78 is 3.16. The van der Waals surface area contributed by atoms with E-state index in [-0.39, 0.29) is 19.5 Å². The molecule has 0 aromatic rings. The molecule has 0 rings (SSSR count). The Kier molecular flexibility index (Phi) is 9.61. The molecule has 0 aliphatic heterocycles. The molecule has 0 bridgehead atoms. The van der Waals surface area contributed by atoms with Gasteiger partial charge in [0.2, 0.25) is 0 Å². The first kappa shape index (κ1) is 12.0. The van der Waals surface area contributed by atoms with Gasteiger partial charge in [-0.3, -0.25) is 0 Å². The van der Waals surface area contributed by atoms with E-state index in [1.807, 2.05) is 0 Å². The normalized spacial score (nSPS) is 9.75. The van der Waals surface area contributed by atoms with Crippen molar-refractivity contribution >= 4 is 17.2 Å². The van der Waals surface area contributed by atoms with Crippen molar-refractivity contribution in [2.75, 3.05) is 0 Å². The molecular formula is O5P2Rh. The van der Waals surface area contributed by atoms with Crippen LogP contribution < -0.4 is 19.6 Å². The fraction of sp³-hybridized carbons (Fsp3) is 0. The molecule has 0 amide bonds. The summed E-state index contributed by atoms with van der Waals surface area (Å²) in [5, 5.41) is 0. The van der Waals surface area contributed by atoms with Crippen molar-refractivity contribution in [1.82, 2.24) is 0 Å². The van der Waals surface area contributed by atoms with E-state index >= 15 is 0 Å². The van der Waals surface area contributed by atoms with Crippen LogP contribution in [0, 0.1) is 0 Å². The predicted octanol–water partition coefficient (Wildman–Crippen LogP) is -3.10. The molecule has 1 radical (unpaired) electrons. The van der Waals surface area contributed by atoms with Crippen LogP contribution in [0.4, 0.5) is 0 Å². The summed E-state index contributed by atoms with van der Waals surface area (Å²) in [6.45, 7) is 0. The van der Waals surface area contributed by atoms with Gasteiger partial charge in [-0.15, -0.1) is 0 Å². The summed E-state index contributed by atoms with van der Waals surface area (Å²) in [6.07, 6.45) is 0. The van der Waals surface area contributed by atoms with E-state index in [1.54, 1.807) is 0 Å². The molecule has 0 aromatic heterocycles. The summed E-state index contributed by atoms with van der Waals surface area (Å²) in [5.74, 6) is 0. The van der Waals surface area contributed by atoms with E-state index in [4.69, 9.17) is 0 Å². The molecule has 0 saturated heterocycles. The summed E-state index contributed by atoms with van der Waals surface area (Å²) in [5.41, 5.74) is 0. The van der Waals surface area contributed by atoms with E-state index in [1.165, 1.54) is 0 Å². The van der Waals surface area contributed by atoms with E-state index < -0.39 is 17.2 Å². The molecule has 0 N–H and O–H groups in total. The van der Waals surface area contributed by atoms with Crippen LogP contribution >= 0.6 is 17.2 Å². The van der Waals surface area contributed by atoms with Crippen LogP contribution in [0.2, 0.25) is 0 Å². The third-order valence-electron chi connectivity index (χ3n) is 0.133. The largest absolute Gasteiger partial charge is 4.00 e. The summed E-state index contributed by atoms with van der Waals surface area (Å²) in [6, 6.07) is 0. The molecule has 0 saturated carbocycles. The maximum atomic E-state index is 9.24. The van der Waals surface area contributed by atoms with Crippen molar-refractivity contribution in [3.8, 4) is 0 Å². The van der Waals surface area contributed by atoms with E-state index in [2.05, 4.69) is 4.31 Å². The Morgan fingerprint density at radius 3 is 1.12 bits per heavy atom. The van der Waals surface area contributed by atoms with Gasteiger partial charge in [0.05, 0.1) is 0 Å². The first-order valence-corrected chi connectivity index (χ1v) is 3.29. The van der Waals surface area contributed by atoms with Gasteiger partial charge in [-0.25, -0.2) is 0 Å². The number of hydrogen-bond acceptors (Lipinski definition) is 5. The van der Waals surface area contributed by atoms with Gasteiger partial charge < -0.3 is 23.9 Å². The third-order valence-corrected chi connectivity index (χ3v) is 1.20. The maximum Gasteiger partial charge on any atom is 4.00 e. The minimum absolute atomic E-state index is 0. The fourth-order valence-corrected chi connectivity index (χ4v) is 0.490. The molecule has 5 nitrogen and oxygen atoms in total. The van der Waals surface area contributed by atoms with Gasteiger partial charge in [0.1, 0.15) is 0 Å². The molecule has 8 heteroatoms. The number of rotatable bonds is 2. The van der Waals surface area contributed by atoms with Crippen LogP contribution in [0.1, 0.15) is 0 Å². The van der Waals surface area contributed by atoms with Crippen molar-refractivity contribution in [3.63, 3.8) is 0 Å². The SMILES string of the molecule is [O-]P([O-])OP([O-])[O-].[Rh+4]. The molecule has 0 aliphatic rings. The van der Waals surface area contributed by atoms with Crippen LogP contribution in [0.15, 0.2) is 0 Å². The minimum Gasteiger partial charge on any atom is -0.820 e. The zero-order valence-electron chi connectivity index (χ0n) is 3.27. The van der Waals surface area contributed by atoms with E-state index in [9.17, 15) is 19.6 Å². The quantitative estimate of drug-likeness (QED) is 0.378. The molecule has 0 aromatic carbocycles. The average Bonchev–Trinajstić information content (AvgIpc) is 1.27. The molecule has 0 fully saturated rings. The van der Waals surface area contributed by atoms with Crippen LogP contribution in [0.25, 0.3) is 0 Å². The first-order valence-electron chi connectivity index (χ1n) is 1.10. The Morgan fingerprint density at radius 1 is 0.875 bits per heavy atom. The van der Waals surface area contributed by atoms with Gasteiger partial charge in [0.15, 0.2) is 0 Å². The number of hydrogen-bond donors (Lipinski definition) is 0. The molecule has 0 spiro atoms. The monoisotopic (exact) mass is 245 g/mol. The zero-order chi connectivity index (χ0) is 5.86. The second-order valence-electron chi connectivity index (χ2n) is 0.529. The Bertz CT molecular complexity index is 39.7. The van der Waals surface area contributed by atoms with Crippen LogP contribution in [0.5, 0.6) is 0 Å². The van der Waals surface area contributed by atoms with Crippen molar-refractivity contribution < 1.29 is 43.4 Å². The Morgan fingerprint density at radius 2 is 1.12 bits per heavy atom. The van der Waals surface area contributed by atoms with Crippen molar-refractivity contribution in [2.45, 2.75) is 0 Å². The second-order valence-corrected chi connectivity index (χ2v) is 2.08. The third kappa shape index (κ3) is 10.3. The predicted molar refractivity (Wildman–Crippen MR) is 14.9 cm³/mol. The smallest absolute Gasteiger partial charge is 0.820 e. The van der Waals surface area contributed by atoms with Crippen molar-refractivity contribution in [2.24, 2.45) is 0 Å². The zero-order valence-corrected chi connectivity index (χ0v) is 6.70. The van der Waals surface area contributed by atoms with Crippen LogP contribution in [-0.4, -0.2) is 0 Å². The van der Waals surface area contributed by atoms with Gasteiger partial charge >= 0.3 is 19.5 Å². The Balaban J connectivity index is 0. The van der Waals surface area contributed by atoms with Gasteiger partial charge in [-0.2, -0.15) is 17.2 Å². The molecule has 0 heterocycles. The van der Waals surface area contributed by atoms with Crippen molar-refractivity contribution in [3.05, 3.63) is 0 Å². The average molecular weight is 245 g/mol. The molecular weight excluding hydrogens is 245 g/mol. The van der Waals surface area contributed by atoms with Crippen LogP contribution in [-0.2, 0) is 23.8 Å². The first-order chi connectivity index (χ1) is 3.13. The van der Waals surface area contributed by atoms with Gasteiger partial charge in [-0.1, -0.05) is 0 Å².